The molecule has 0 amide bonds. The summed E-state index contributed by atoms with van der Waals surface area (Å²) >= 11 is 0. The molecule has 0 bridgehead atoms. The van der Waals surface area contributed by atoms with E-state index in [1.807, 2.05) is 0 Å². The second kappa shape index (κ2) is 5.49. The number of carbonyl (C=O) groups excluding carboxylic acids is 3. The van der Waals surface area contributed by atoms with Gasteiger partial charge in [0.05, 0.1) is 16.8 Å². The summed E-state index contributed by atoms with van der Waals surface area (Å²) in [5, 5.41) is 11.0. The van der Waals surface area contributed by atoms with E-state index in [1.165, 1.54) is 13.8 Å². The SMILES string of the molecule is CC(=O)c1cccc2c1N=C(c1[nH]c3c(C(C)=O)cccc3c1O)C2=O. The maximum Gasteiger partial charge on any atom is 0.215 e. The van der Waals surface area contributed by atoms with Crippen LogP contribution in [-0.4, -0.2) is 33.2 Å². The molecule has 2 N–H and O–H groups in total. The van der Waals surface area contributed by atoms with Gasteiger partial charge in [-0.05, 0) is 38.1 Å². The van der Waals surface area contributed by atoms with Crippen LogP contribution in [-0.2, 0) is 0 Å². The molecule has 0 spiro atoms. The van der Waals surface area contributed by atoms with E-state index in [4.69, 9.17) is 0 Å². The predicted molar refractivity (Wildman–Crippen MR) is 96.9 cm³/mol. The minimum Gasteiger partial charge on any atom is -0.505 e. The van der Waals surface area contributed by atoms with E-state index in [9.17, 15) is 19.5 Å². The second-order valence-electron chi connectivity index (χ2n) is 6.18. The third-order valence-electron chi connectivity index (χ3n) is 4.52. The normalized spacial score (nSPS) is 13.0. The predicted octanol–water partition coefficient (Wildman–Crippen LogP) is 3.60. The molecule has 2 aromatic carbocycles. The van der Waals surface area contributed by atoms with Crippen molar-refractivity contribution in [1.82, 2.24) is 4.98 Å². The lowest BCUT2D eigenvalue weighted by Crippen LogP contribution is -2.11. The van der Waals surface area contributed by atoms with Gasteiger partial charge in [0.1, 0.15) is 11.4 Å². The summed E-state index contributed by atoms with van der Waals surface area (Å²) in [5.74, 6) is -0.883. The molecule has 0 atom stereocenters. The maximum atomic E-state index is 12.8. The summed E-state index contributed by atoms with van der Waals surface area (Å²) in [5.41, 5.74) is 2.01. The Balaban J connectivity index is 1.96. The van der Waals surface area contributed by atoms with Crippen LogP contribution < -0.4 is 0 Å². The number of nitrogens with one attached hydrogen (secondary N) is 1. The smallest absolute Gasteiger partial charge is 0.215 e. The number of carbonyl (C=O) groups is 3. The number of Topliss-reactive ketones (excluding diaryl/α,β-unsaturated/α-hetero) is 3. The summed E-state index contributed by atoms with van der Waals surface area (Å²) in [6.45, 7) is 2.84. The number of benzene rings is 2. The number of hydrogen-bond acceptors (Lipinski definition) is 5. The molecule has 3 aromatic rings. The van der Waals surface area contributed by atoms with Gasteiger partial charge in [0.25, 0.3) is 0 Å². The van der Waals surface area contributed by atoms with Crippen LogP contribution in [0.4, 0.5) is 5.69 Å². The number of rotatable bonds is 3. The molecule has 128 valence electrons. The van der Waals surface area contributed by atoms with Crippen molar-refractivity contribution in [3.8, 4) is 5.75 Å². The van der Waals surface area contributed by atoms with Crippen molar-refractivity contribution in [2.45, 2.75) is 13.8 Å². The minimum absolute atomic E-state index is 0.0249. The third-order valence-corrected chi connectivity index (χ3v) is 4.52. The number of para-hydroxylation sites is 2. The van der Waals surface area contributed by atoms with Gasteiger partial charge in [-0.3, -0.25) is 14.4 Å². The summed E-state index contributed by atoms with van der Waals surface area (Å²) in [4.78, 5) is 43.7. The first-order chi connectivity index (χ1) is 12.4. The number of aliphatic imine (C=N–C) groups is 1. The van der Waals surface area contributed by atoms with Crippen LogP contribution in [0.3, 0.4) is 0 Å². The Labute approximate surface area is 148 Å². The standard InChI is InChI=1S/C20H14N2O4/c1-9(23)11-5-3-7-13-15(11)21-17(19(13)25)18-20(26)14-8-4-6-12(10(2)24)16(14)22-18/h3-8,21,25H,1-2H3. The maximum absolute atomic E-state index is 12.8. The number of ketones is 3. The Kier molecular flexibility index (Phi) is 3.37. The highest BCUT2D eigenvalue weighted by Crippen LogP contribution is 2.37. The van der Waals surface area contributed by atoms with Crippen LogP contribution in [0, 0.1) is 0 Å². The topological polar surface area (TPSA) is 99.6 Å². The molecule has 0 radical (unpaired) electrons. The zero-order chi connectivity index (χ0) is 18.6. The van der Waals surface area contributed by atoms with E-state index in [0.29, 0.717) is 33.3 Å². The van der Waals surface area contributed by atoms with Gasteiger partial charge in [0, 0.05) is 16.5 Å². The summed E-state index contributed by atoms with van der Waals surface area (Å²) < 4.78 is 0. The Morgan fingerprint density at radius 1 is 1.00 bits per heavy atom. The van der Waals surface area contributed by atoms with Gasteiger partial charge in [-0.1, -0.05) is 12.1 Å². The molecule has 1 aliphatic rings. The lowest BCUT2D eigenvalue weighted by molar-refractivity contribution is 0.101. The van der Waals surface area contributed by atoms with E-state index in [0.717, 1.165) is 0 Å². The first kappa shape index (κ1) is 16.0. The van der Waals surface area contributed by atoms with E-state index in [1.54, 1.807) is 36.4 Å². The number of fused-ring (bicyclic) bond motifs is 2. The Bertz CT molecular complexity index is 1170. The molecular formula is C20H14N2O4. The van der Waals surface area contributed by atoms with Crippen LogP contribution in [0.2, 0.25) is 0 Å². The fourth-order valence-electron chi connectivity index (χ4n) is 3.26. The van der Waals surface area contributed by atoms with Gasteiger partial charge in [-0.25, -0.2) is 4.99 Å². The van der Waals surface area contributed by atoms with Crippen molar-refractivity contribution < 1.29 is 19.5 Å². The molecule has 0 saturated heterocycles. The number of aromatic hydroxyl groups is 1. The zero-order valence-corrected chi connectivity index (χ0v) is 14.1. The molecule has 0 saturated carbocycles. The van der Waals surface area contributed by atoms with Gasteiger partial charge < -0.3 is 10.1 Å². The monoisotopic (exact) mass is 346 g/mol. The molecule has 0 unspecified atom stereocenters. The van der Waals surface area contributed by atoms with Crippen molar-refractivity contribution in [2.24, 2.45) is 4.99 Å². The van der Waals surface area contributed by atoms with Crippen molar-refractivity contribution in [1.29, 1.82) is 0 Å². The average Bonchev–Trinajstić information content (AvgIpc) is 3.12. The van der Waals surface area contributed by atoms with Crippen LogP contribution in [0.25, 0.3) is 10.9 Å². The van der Waals surface area contributed by atoms with E-state index in [-0.39, 0.29) is 34.5 Å². The number of H-pyrrole nitrogens is 1. The van der Waals surface area contributed by atoms with Crippen molar-refractivity contribution in [3.05, 3.63) is 58.8 Å². The van der Waals surface area contributed by atoms with Crippen molar-refractivity contribution in [2.75, 3.05) is 0 Å². The lowest BCUT2D eigenvalue weighted by atomic mass is 10.0. The first-order valence-corrected chi connectivity index (χ1v) is 8.02. The van der Waals surface area contributed by atoms with Gasteiger partial charge >= 0.3 is 0 Å². The molecule has 6 heteroatoms. The highest BCUT2D eigenvalue weighted by Gasteiger charge is 2.32. The quantitative estimate of drug-likeness (QED) is 0.708. The lowest BCUT2D eigenvalue weighted by Gasteiger charge is -2.00. The molecule has 4 rings (SSSR count). The molecule has 1 aliphatic heterocycles. The summed E-state index contributed by atoms with van der Waals surface area (Å²) in [6.07, 6.45) is 0. The fraction of sp³-hybridized carbons (Fsp3) is 0.100. The molecule has 26 heavy (non-hydrogen) atoms. The molecule has 2 heterocycles. The van der Waals surface area contributed by atoms with Crippen LogP contribution in [0.1, 0.15) is 50.6 Å². The number of aromatic nitrogens is 1. The van der Waals surface area contributed by atoms with E-state index >= 15 is 0 Å². The fourth-order valence-corrected chi connectivity index (χ4v) is 3.26. The zero-order valence-electron chi connectivity index (χ0n) is 14.1. The van der Waals surface area contributed by atoms with Crippen molar-refractivity contribution >= 4 is 39.7 Å². The summed E-state index contributed by atoms with van der Waals surface area (Å²) in [7, 11) is 0. The molecule has 0 fully saturated rings. The summed E-state index contributed by atoms with van der Waals surface area (Å²) in [6, 6.07) is 9.81. The Morgan fingerprint density at radius 3 is 2.35 bits per heavy atom. The Hall–Kier alpha value is -3.54. The second-order valence-corrected chi connectivity index (χ2v) is 6.18. The first-order valence-electron chi connectivity index (χ1n) is 8.02. The van der Waals surface area contributed by atoms with E-state index < -0.39 is 0 Å². The number of nitrogens with zero attached hydrogens (tertiary/aromatic N) is 1. The highest BCUT2D eigenvalue weighted by molar-refractivity contribution is 6.55. The van der Waals surface area contributed by atoms with Gasteiger partial charge in [-0.15, -0.1) is 0 Å². The Morgan fingerprint density at radius 2 is 1.65 bits per heavy atom. The van der Waals surface area contributed by atoms with Gasteiger partial charge in [-0.2, -0.15) is 0 Å². The molecular weight excluding hydrogens is 332 g/mol. The van der Waals surface area contributed by atoms with Crippen LogP contribution in [0.15, 0.2) is 41.4 Å². The van der Waals surface area contributed by atoms with E-state index in [2.05, 4.69) is 9.98 Å². The molecule has 0 aliphatic carbocycles. The third kappa shape index (κ3) is 2.12. The molecule has 6 nitrogen and oxygen atoms in total. The van der Waals surface area contributed by atoms with Crippen LogP contribution >= 0.6 is 0 Å². The highest BCUT2D eigenvalue weighted by atomic mass is 16.3. The largest absolute Gasteiger partial charge is 0.505 e. The van der Waals surface area contributed by atoms with Gasteiger partial charge in [0.2, 0.25) is 5.78 Å². The minimum atomic E-state index is -0.380. The van der Waals surface area contributed by atoms with Crippen LogP contribution in [0.5, 0.6) is 5.75 Å². The number of aromatic amines is 1. The molecule has 1 aromatic heterocycles. The van der Waals surface area contributed by atoms with Gasteiger partial charge in [0.15, 0.2) is 17.3 Å². The van der Waals surface area contributed by atoms with Crippen molar-refractivity contribution in [3.63, 3.8) is 0 Å². The number of hydrogen-bond donors (Lipinski definition) is 2. The average molecular weight is 346 g/mol.